The second-order valence-corrected chi connectivity index (χ2v) is 38.8. The van der Waals surface area contributed by atoms with Gasteiger partial charge in [-0.25, -0.2) is 0 Å². The Bertz CT molecular complexity index is 3820. The van der Waals surface area contributed by atoms with Gasteiger partial charge in [-0.3, -0.25) is 0 Å². The number of benzene rings is 12. The molecule has 0 aliphatic rings. The molecule has 0 spiro atoms. The summed E-state index contributed by atoms with van der Waals surface area (Å²) in [6.07, 6.45) is 0. The van der Waals surface area contributed by atoms with Crippen LogP contribution in [0, 0.1) is 166 Å². The van der Waals surface area contributed by atoms with E-state index in [9.17, 15) is 0 Å². The van der Waals surface area contributed by atoms with Crippen LogP contribution in [0.1, 0.15) is 134 Å². The van der Waals surface area contributed by atoms with E-state index >= 15 is 0 Å². The van der Waals surface area contributed by atoms with Crippen LogP contribution >= 0.6 is 31.7 Å². The fourth-order valence-corrected chi connectivity index (χ4v) is 27.0. The molecule has 0 N–H and O–H groups in total. The molecule has 0 amide bonds. The molecule has 522 valence electrons. The molecule has 12 aromatic rings. The molecule has 0 atom stereocenters. The van der Waals surface area contributed by atoms with Gasteiger partial charge in [-0.15, -0.1) is 0 Å². The summed E-state index contributed by atoms with van der Waals surface area (Å²) in [4.78, 5) is 0. The van der Waals surface area contributed by atoms with Crippen molar-refractivity contribution in [1.29, 1.82) is 0 Å². The third-order valence-corrected chi connectivity index (χ3v) is 33.0. The van der Waals surface area contributed by atoms with Gasteiger partial charge in [-0.2, -0.15) is 0 Å². The maximum atomic E-state index is 2.36. The summed E-state index contributed by atoms with van der Waals surface area (Å²) in [5.74, 6) is 0. The van der Waals surface area contributed by atoms with E-state index in [0.717, 1.165) is 0 Å². The van der Waals surface area contributed by atoms with Crippen molar-refractivity contribution in [2.75, 3.05) is 0 Å². The molecule has 0 heterocycles. The standard InChI is InChI=1S/4C24H27P.Pd/c4*1-16-7-10-22(19(4)13-16)25(23-11-8-17(2)14-20(23)5)24-12-9-18(3)15-21(24)6;/h4*7-15H,1-6H3;/p+4. The number of aryl methyl sites for hydroxylation is 24. The summed E-state index contributed by atoms with van der Waals surface area (Å²) >= 11 is 0. The summed E-state index contributed by atoms with van der Waals surface area (Å²) in [5.41, 5.74) is 33.0. The Hall–Kier alpha value is -6.98. The van der Waals surface area contributed by atoms with Crippen molar-refractivity contribution in [3.05, 3.63) is 352 Å². The number of rotatable bonds is 12. The maximum absolute atomic E-state index is 2.36. The smallest absolute Gasteiger partial charge is 0.0554 e. The van der Waals surface area contributed by atoms with E-state index in [1.54, 1.807) is 0 Å². The van der Waals surface area contributed by atoms with E-state index < -0.39 is 31.7 Å². The van der Waals surface area contributed by atoms with Crippen molar-refractivity contribution >= 4 is 95.3 Å². The summed E-state index contributed by atoms with van der Waals surface area (Å²) in [6, 6.07) is 83.4. The minimum absolute atomic E-state index is 0. The first-order valence-electron chi connectivity index (χ1n) is 35.9. The van der Waals surface area contributed by atoms with Gasteiger partial charge < -0.3 is 0 Å². The molecule has 101 heavy (non-hydrogen) atoms. The minimum atomic E-state index is -1.02. The predicted octanol–water partition coefficient (Wildman–Crippen LogP) is 20.1. The average molecular weight is 1500 g/mol. The molecule has 0 radical (unpaired) electrons. The molecule has 0 saturated heterocycles. The van der Waals surface area contributed by atoms with Crippen LogP contribution in [-0.4, -0.2) is 0 Å². The average Bonchev–Trinajstić information content (AvgIpc) is 0.800. The van der Waals surface area contributed by atoms with Gasteiger partial charge in [-0.05, 0) is 306 Å². The van der Waals surface area contributed by atoms with Crippen LogP contribution in [0.2, 0.25) is 0 Å². The van der Waals surface area contributed by atoms with Crippen LogP contribution in [-0.2, 0) is 20.4 Å². The monoisotopic (exact) mass is 1490 g/mol. The fraction of sp³-hybridized carbons (Fsp3) is 0.250. The molecule has 0 unspecified atom stereocenters. The van der Waals surface area contributed by atoms with Crippen LogP contribution < -0.4 is 63.7 Å². The molecule has 0 nitrogen and oxygen atoms in total. The van der Waals surface area contributed by atoms with Gasteiger partial charge in [0.2, 0.25) is 0 Å². The van der Waals surface area contributed by atoms with Crippen LogP contribution in [0.3, 0.4) is 0 Å². The van der Waals surface area contributed by atoms with Crippen molar-refractivity contribution in [2.45, 2.75) is 166 Å². The Morgan fingerprint density at radius 3 is 0.248 bits per heavy atom. The molecule has 0 aliphatic heterocycles. The number of hydrogen-bond acceptors (Lipinski definition) is 0. The van der Waals surface area contributed by atoms with Crippen LogP contribution in [0.5, 0.6) is 0 Å². The molecule has 0 aromatic heterocycles. The first-order chi connectivity index (χ1) is 47.5. The van der Waals surface area contributed by atoms with Crippen molar-refractivity contribution < 1.29 is 20.4 Å². The normalized spacial score (nSPS) is 11.0. The van der Waals surface area contributed by atoms with E-state index in [2.05, 4.69) is 385 Å². The molecular formula is C96H112P4Pd+4. The third-order valence-electron chi connectivity index (χ3n) is 19.8. The summed E-state index contributed by atoms with van der Waals surface area (Å²) in [7, 11) is -4.07. The second-order valence-electron chi connectivity index (χ2n) is 29.3. The van der Waals surface area contributed by atoms with Crippen LogP contribution in [0.15, 0.2) is 218 Å². The van der Waals surface area contributed by atoms with Gasteiger partial charge in [0.25, 0.3) is 0 Å². The minimum Gasteiger partial charge on any atom is -0.0554 e. The van der Waals surface area contributed by atoms with Gasteiger partial charge in [0, 0.05) is 20.4 Å². The van der Waals surface area contributed by atoms with E-state index in [1.165, 1.54) is 197 Å². The molecular weight excluding hydrogens is 1380 g/mol. The summed E-state index contributed by atoms with van der Waals surface area (Å²) in [6.45, 7) is 53.3. The van der Waals surface area contributed by atoms with E-state index in [4.69, 9.17) is 0 Å². The zero-order chi connectivity index (χ0) is 72.5. The van der Waals surface area contributed by atoms with Gasteiger partial charge in [0.15, 0.2) is 0 Å². The Balaban J connectivity index is 0.000000171. The van der Waals surface area contributed by atoms with Crippen LogP contribution in [0.25, 0.3) is 0 Å². The van der Waals surface area contributed by atoms with E-state index in [0.29, 0.717) is 0 Å². The molecule has 12 aromatic carbocycles. The van der Waals surface area contributed by atoms with Crippen molar-refractivity contribution in [2.24, 2.45) is 0 Å². The third kappa shape index (κ3) is 19.9. The number of hydrogen-bond donors (Lipinski definition) is 0. The zero-order valence-corrected chi connectivity index (χ0v) is 70.7. The fourth-order valence-electron chi connectivity index (χ4n) is 14.9. The van der Waals surface area contributed by atoms with Gasteiger partial charge in [0.05, 0.1) is 31.7 Å². The van der Waals surface area contributed by atoms with E-state index in [-0.39, 0.29) is 20.4 Å². The van der Waals surface area contributed by atoms with Gasteiger partial charge >= 0.3 is 0 Å². The molecule has 12 rings (SSSR count). The molecule has 5 heteroatoms. The Morgan fingerprint density at radius 1 is 0.119 bits per heavy atom. The van der Waals surface area contributed by atoms with Crippen LogP contribution in [0.4, 0.5) is 0 Å². The molecule has 0 aliphatic carbocycles. The maximum Gasteiger partial charge on any atom is 0.105 e. The van der Waals surface area contributed by atoms with Crippen molar-refractivity contribution in [3.63, 3.8) is 0 Å². The Morgan fingerprint density at radius 2 is 0.188 bits per heavy atom. The Kier molecular flexibility index (Phi) is 28.0. The topological polar surface area (TPSA) is 0 Å². The first kappa shape index (κ1) is 79.7. The molecule has 0 saturated carbocycles. The predicted molar refractivity (Wildman–Crippen MR) is 460 cm³/mol. The van der Waals surface area contributed by atoms with Gasteiger partial charge in [0.1, 0.15) is 63.7 Å². The van der Waals surface area contributed by atoms with Gasteiger partial charge in [-0.1, -0.05) is 212 Å². The summed E-state index contributed by atoms with van der Waals surface area (Å²) in [5, 5.41) is 18.1. The van der Waals surface area contributed by atoms with E-state index in [1.807, 2.05) is 0 Å². The summed E-state index contributed by atoms with van der Waals surface area (Å²) < 4.78 is 0. The quantitative estimate of drug-likeness (QED) is 0.0845. The van der Waals surface area contributed by atoms with Crippen molar-refractivity contribution in [1.82, 2.24) is 0 Å². The first-order valence-corrected chi connectivity index (χ1v) is 41.9. The largest absolute Gasteiger partial charge is 0.105 e. The Labute approximate surface area is 629 Å². The SMILES string of the molecule is Cc1ccc([PH+](c2ccc(C)cc2C)c2ccc(C)cc2C)c(C)c1.Cc1ccc([PH+](c2ccc(C)cc2C)c2ccc(C)cc2C)c(C)c1.Cc1ccc([PH+](c2ccc(C)cc2C)c2ccc(C)cc2C)c(C)c1.Cc1ccc([PH+](c2ccc(C)cc2C)c2ccc(C)cc2C)c(C)c1.[Pd]. The molecule has 0 bridgehead atoms. The second kappa shape index (κ2) is 35.5. The molecule has 0 fully saturated rings. The van der Waals surface area contributed by atoms with Crippen molar-refractivity contribution in [3.8, 4) is 0 Å². The zero-order valence-electron chi connectivity index (χ0n) is 65.1.